The van der Waals surface area contributed by atoms with Gasteiger partial charge in [0, 0.05) is 0 Å². The highest BCUT2D eigenvalue weighted by Crippen LogP contribution is 2.34. The Kier molecular flexibility index (Phi) is 7.30. The molecule has 0 heterocycles. The van der Waals surface area contributed by atoms with E-state index >= 15 is 0 Å². The zero-order valence-electron chi connectivity index (χ0n) is 11.9. The molecule has 2 unspecified atom stereocenters. The molecule has 0 rings (SSSR count). The van der Waals surface area contributed by atoms with Crippen molar-refractivity contribution < 1.29 is 0 Å². The first kappa shape index (κ1) is 15.0. The van der Waals surface area contributed by atoms with Crippen molar-refractivity contribution in [2.75, 3.05) is 0 Å². The van der Waals surface area contributed by atoms with Gasteiger partial charge < -0.3 is 0 Å². The predicted octanol–water partition coefficient (Wildman–Crippen LogP) is 5.67. The standard InChI is InChI=1S/C15H32/c1-7-10-15(6,8-2)11-9-14(5)12-13(3)4/h13-14H,7-12H2,1-6H3. The summed E-state index contributed by atoms with van der Waals surface area (Å²) in [6, 6.07) is 0. The molecule has 0 bridgehead atoms. The third kappa shape index (κ3) is 6.98. The third-order valence-electron chi connectivity index (χ3n) is 3.82. The van der Waals surface area contributed by atoms with E-state index in [1.54, 1.807) is 0 Å². The molecule has 0 saturated heterocycles. The van der Waals surface area contributed by atoms with Crippen molar-refractivity contribution in [2.45, 2.75) is 80.1 Å². The van der Waals surface area contributed by atoms with E-state index in [4.69, 9.17) is 0 Å². The van der Waals surface area contributed by atoms with Gasteiger partial charge in [-0.1, -0.05) is 60.8 Å². The molecule has 0 radical (unpaired) electrons. The molecular weight excluding hydrogens is 180 g/mol. The molecular formula is C15H32. The molecule has 0 aromatic carbocycles. The van der Waals surface area contributed by atoms with E-state index in [0.717, 1.165) is 11.8 Å². The summed E-state index contributed by atoms with van der Waals surface area (Å²) >= 11 is 0. The molecule has 0 aromatic rings. The highest BCUT2D eigenvalue weighted by Gasteiger charge is 2.21. The Balaban J connectivity index is 3.88. The van der Waals surface area contributed by atoms with E-state index in [1.165, 1.54) is 38.5 Å². The van der Waals surface area contributed by atoms with Gasteiger partial charge >= 0.3 is 0 Å². The highest BCUT2D eigenvalue weighted by atomic mass is 14.3. The number of hydrogen-bond donors (Lipinski definition) is 0. The lowest BCUT2D eigenvalue weighted by Gasteiger charge is -2.29. The van der Waals surface area contributed by atoms with Crippen LogP contribution >= 0.6 is 0 Å². The lowest BCUT2D eigenvalue weighted by Crippen LogP contribution is -2.16. The van der Waals surface area contributed by atoms with Crippen molar-refractivity contribution in [3.05, 3.63) is 0 Å². The first-order valence-electron chi connectivity index (χ1n) is 6.93. The molecule has 15 heavy (non-hydrogen) atoms. The van der Waals surface area contributed by atoms with Crippen LogP contribution in [0.3, 0.4) is 0 Å². The minimum atomic E-state index is 0.611. The average Bonchev–Trinajstić information content (AvgIpc) is 2.14. The minimum Gasteiger partial charge on any atom is -0.0654 e. The molecule has 0 amide bonds. The quantitative estimate of drug-likeness (QED) is 0.486. The molecule has 0 aliphatic carbocycles. The minimum absolute atomic E-state index is 0.611. The van der Waals surface area contributed by atoms with Crippen LogP contribution in [0, 0.1) is 17.3 Å². The molecule has 0 heteroatoms. The molecule has 92 valence electrons. The van der Waals surface area contributed by atoms with Crippen LogP contribution in [0.2, 0.25) is 0 Å². The highest BCUT2D eigenvalue weighted by molar-refractivity contribution is 4.73. The Morgan fingerprint density at radius 1 is 1.00 bits per heavy atom. The van der Waals surface area contributed by atoms with Crippen LogP contribution in [0.1, 0.15) is 80.1 Å². The Hall–Kier alpha value is 0. The Morgan fingerprint density at radius 3 is 2.00 bits per heavy atom. The summed E-state index contributed by atoms with van der Waals surface area (Å²) in [5, 5.41) is 0. The van der Waals surface area contributed by atoms with E-state index in [1.807, 2.05) is 0 Å². The zero-order chi connectivity index (χ0) is 11.9. The summed E-state index contributed by atoms with van der Waals surface area (Å²) in [7, 11) is 0. The van der Waals surface area contributed by atoms with Crippen LogP contribution in [0.5, 0.6) is 0 Å². The molecule has 0 fully saturated rings. The third-order valence-corrected chi connectivity index (χ3v) is 3.82. The van der Waals surface area contributed by atoms with Crippen LogP contribution in [0.4, 0.5) is 0 Å². The van der Waals surface area contributed by atoms with E-state index in [9.17, 15) is 0 Å². The topological polar surface area (TPSA) is 0 Å². The first-order valence-corrected chi connectivity index (χ1v) is 6.93. The summed E-state index contributed by atoms with van der Waals surface area (Å²) in [4.78, 5) is 0. The van der Waals surface area contributed by atoms with Gasteiger partial charge in [-0.2, -0.15) is 0 Å². The second kappa shape index (κ2) is 7.30. The molecule has 0 nitrogen and oxygen atoms in total. The Morgan fingerprint density at radius 2 is 1.60 bits per heavy atom. The number of rotatable bonds is 8. The summed E-state index contributed by atoms with van der Waals surface area (Å²) < 4.78 is 0. The van der Waals surface area contributed by atoms with Gasteiger partial charge in [0.1, 0.15) is 0 Å². The zero-order valence-corrected chi connectivity index (χ0v) is 11.9. The van der Waals surface area contributed by atoms with Crippen molar-refractivity contribution >= 4 is 0 Å². The maximum Gasteiger partial charge on any atom is -0.0328 e. The lowest BCUT2D eigenvalue weighted by atomic mass is 9.76. The predicted molar refractivity (Wildman–Crippen MR) is 71.2 cm³/mol. The second-order valence-electron chi connectivity index (χ2n) is 6.19. The molecule has 0 N–H and O–H groups in total. The molecule has 0 aromatic heterocycles. The Labute approximate surface area is 97.8 Å². The van der Waals surface area contributed by atoms with Gasteiger partial charge in [0.25, 0.3) is 0 Å². The SMILES string of the molecule is CCCC(C)(CC)CCC(C)CC(C)C. The van der Waals surface area contributed by atoms with Crippen LogP contribution in [-0.4, -0.2) is 0 Å². The first-order chi connectivity index (χ1) is 6.93. The summed E-state index contributed by atoms with van der Waals surface area (Å²) in [6.45, 7) is 14.2. The maximum absolute atomic E-state index is 2.47. The second-order valence-corrected chi connectivity index (χ2v) is 6.19. The fourth-order valence-corrected chi connectivity index (χ4v) is 2.60. The monoisotopic (exact) mass is 212 g/mol. The van der Waals surface area contributed by atoms with Gasteiger partial charge in [-0.05, 0) is 36.5 Å². The van der Waals surface area contributed by atoms with E-state index < -0.39 is 0 Å². The van der Waals surface area contributed by atoms with Gasteiger partial charge in [-0.25, -0.2) is 0 Å². The largest absolute Gasteiger partial charge is 0.0654 e. The van der Waals surface area contributed by atoms with Crippen molar-refractivity contribution in [1.82, 2.24) is 0 Å². The smallest absolute Gasteiger partial charge is 0.0328 e. The molecule has 0 saturated carbocycles. The van der Waals surface area contributed by atoms with Gasteiger partial charge in [0.05, 0.1) is 0 Å². The van der Waals surface area contributed by atoms with Gasteiger partial charge in [-0.15, -0.1) is 0 Å². The van der Waals surface area contributed by atoms with Crippen LogP contribution < -0.4 is 0 Å². The van der Waals surface area contributed by atoms with Crippen molar-refractivity contribution in [3.8, 4) is 0 Å². The lowest BCUT2D eigenvalue weighted by molar-refractivity contribution is 0.228. The maximum atomic E-state index is 2.47. The van der Waals surface area contributed by atoms with Crippen LogP contribution in [0.15, 0.2) is 0 Å². The van der Waals surface area contributed by atoms with Gasteiger partial charge in [0.2, 0.25) is 0 Å². The summed E-state index contributed by atoms with van der Waals surface area (Å²) in [5.74, 6) is 1.77. The van der Waals surface area contributed by atoms with Crippen molar-refractivity contribution in [3.63, 3.8) is 0 Å². The van der Waals surface area contributed by atoms with E-state index in [2.05, 4.69) is 41.5 Å². The normalized spacial score (nSPS) is 17.8. The fourth-order valence-electron chi connectivity index (χ4n) is 2.60. The van der Waals surface area contributed by atoms with Crippen molar-refractivity contribution in [2.24, 2.45) is 17.3 Å². The van der Waals surface area contributed by atoms with Crippen LogP contribution in [0.25, 0.3) is 0 Å². The summed E-state index contributed by atoms with van der Waals surface area (Å²) in [6.07, 6.45) is 8.32. The average molecular weight is 212 g/mol. The summed E-state index contributed by atoms with van der Waals surface area (Å²) in [5.41, 5.74) is 0.611. The van der Waals surface area contributed by atoms with Crippen LogP contribution in [-0.2, 0) is 0 Å². The van der Waals surface area contributed by atoms with Gasteiger partial charge in [0.15, 0.2) is 0 Å². The van der Waals surface area contributed by atoms with E-state index in [0.29, 0.717) is 5.41 Å². The molecule has 0 aliphatic rings. The van der Waals surface area contributed by atoms with E-state index in [-0.39, 0.29) is 0 Å². The Bertz CT molecular complexity index is 148. The molecule has 0 spiro atoms. The number of hydrogen-bond acceptors (Lipinski definition) is 0. The molecule has 0 aliphatic heterocycles. The van der Waals surface area contributed by atoms with Gasteiger partial charge in [-0.3, -0.25) is 0 Å². The molecule has 2 atom stereocenters. The van der Waals surface area contributed by atoms with Crippen molar-refractivity contribution in [1.29, 1.82) is 0 Å². The fraction of sp³-hybridized carbons (Fsp3) is 1.00.